The molecule has 0 bridgehead atoms. The molecule has 7 heteroatoms. The van der Waals surface area contributed by atoms with Crippen LogP contribution in [0.4, 0.5) is 4.39 Å². The predicted octanol–water partition coefficient (Wildman–Crippen LogP) is 4.60. The zero-order valence-electron chi connectivity index (χ0n) is 19.7. The van der Waals surface area contributed by atoms with Gasteiger partial charge in [-0.15, -0.1) is 11.3 Å². The normalized spacial score (nSPS) is 18.7. The average Bonchev–Trinajstić information content (AvgIpc) is 3.23. The van der Waals surface area contributed by atoms with Crippen LogP contribution in [0.25, 0.3) is 0 Å². The van der Waals surface area contributed by atoms with Gasteiger partial charge < -0.3 is 9.80 Å². The Labute approximate surface area is 209 Å². The molecule has 0 radical (unpaired) electrons. The van der Waals surface area contributed by atoms with Gasteiger partial charge >= 0.3 is 0 Å². The van der Waals surface area contributed by atoms with Crippen molar-refractivity contribution in [3.8, 4) is 0 Å². The van der Waals surface area contributed by atoms with E-state index in [0.29, 0.717) is 44.7 Å². The summed E-state index contributed by atoms with van der Waals surface area (Å²) in [5, 5.41) is 2.17. The molecule has 3 aromatic rings. The zero-order valence-corrected chi connectivity index (χ0v) is 20.6. The molecular formula is C28H30FN3O2S. The van der Waals surface area contributed by atoms with Crippen molar-refractivity contribution in [3.05, 3.63) is 93.4 Å². The van der Waals surface area contributed by atoms with Crippen LogP contribution in [0.3, 0.4) is 0 Å². The molecule has 1 fully saturated rings. The number of hydrogen-bond donors (Lipinski definition) is 0. The SMILES string of the molecule is O=C(CCN1CCc2sccc2C1c1ccccc1)N1CCCN(C(=O)c2ccc(F)cc2)CC1. The summed E-state index contributed by atoms with van der Waals surface area (Å²) in [4.78, 5) is 33.5. The summed E-state index contributed by atoms with van der Waals surface area (Å²) >= 11 is 1.82. The molecule has 2 aromatic carbocycles. The highest BCUT2D eigenvalue weighted by Crippen LogP contribution is 2.37. The second kappa shape index (κ2) is 10.7. The molecule has 1 saturated heterocycles. The lowest BCUT2D eigenvalue weighted by Crippen LogP contribution is -2.40. The third-order valence-corrected chi connectivity index (χ3v) is 8.02. The molecule has 0 spiro atoms. The van der Waals surface area contributed by atoms with Gasteiger partial charge in [-0.25, -0.2) is 4.39 Å². The number of amides is 2. The van der Waals surface area contributed by atoms with Crippen molar-refractivity contribution >= 4 is 23.2 Å². The zero-order chi connectivity index (χ0) is 24.2. The number of benzene rings is 2. The van der Waals surface area contributed by atoms with Crippen LogP contribution in [0.15, 0.2) is 66.0 Å². The lowest BCUT2D eigenvalue weighted by atomic mass is 9.93. The number of carbonyl (C=O) groups excluding carboxylic acids is 2. The maximum atomic E-state index is 13.2. The van der Waals surface area contributed by atoms with Gasteiger partial charge in [0.05, 0.1) is 6.04 Å². The first kappa shape index (κ1) is 23.7. The van der Waals surface area contributed by atoms with Crippen LogP contribution in [-0.4, -0.2) is 65.8 Å². The van der Waals surface area contributed by atoms with Crippen LogP contribution in [0.1, 0.15) is 45.2 Å². The van der Waals surface area contributed by atoms with Crippen molar-refractivity contribution in [1.82, 2.24) is 14.7 Å². The van der Waals surface area contributed by atoms with Crippen LogP contribution in [0.2, 0.25) is 0 Å². The molecule has 2 aliphatic rings. The summed E-state index contributed by atoms with van der Waals surface area (Å²) in [5.74, 6) is -0.318. The molecule has 0 aliphatic carbocycles. The van der Waals surface area contributed by atoms with Crippen molar-refractivity contribution < 1.29 is 14.0 Å². The Kier molecular flexibility index (Phi) is 7.25. The first-order chi connectivity index (χ1) is 17.1. The van der Waals surface area contributed by atoms with Crippen molar-refractivity contribution in [2.24, 2.45) is 0 Å². The van der Waals surface area contributed by atoms with E-state index in [-0.39, 0.29) is 23.7 Å². The van der Waals surface area contributed by atoms with Crippen molar-refractivity contribution in [2.45, 2.75) is 25.3 Å². The standard InChI is InChI=1S/C28H30FN3O2S/c29-23-9-7-22(8-10-23)28(34)32-15-4-14-30(18-19-32)26(33)12-17-31-16-11-25-24(13-20-35-25)27(31)21-5-2-1-3-6-21/h1-3,5-10,13,20,27H,4,11-12,14-19H2. The number of thiophene rings is 1. The summed E-state index contributed by atoms with van der Waals surface area (Å²) < 4.78 is 13.2. The molecule has 5 rings (SSSR count). The van der Waals surface area contributed by atoms with E-state index in [4.69, 9.17) is 0 Å². The molecule has 35 heavy (non-hydrogen) atoms. The smallest absolute Gasteiger partial charge is 0.253 e. The van der Waals surface area contributed by atoms with Crippen LogP contribution in [0.5, 0.6) is 0 Å². The molecule has 0 N–H and O–H groups in total. The Hall–Kier alpha value is -3.03. The van der Waals surface area contributed by atoms with Gasteiger partial charge in [0.1, 0.15) is 5.82 Å². The van der Waals surface area contributed by atoms with Gasteiger partial charge in [0.2, 0.25) is 5.91 Å². The molecule has 2 aliphatic heterocycles. The van der Waals surface area contributed by atoms with Gasteiger partial charge in [0, 0.05) is 56.1 Å². The number of halogens is 1. The van der Waals surface area contributed by atoms with E-state index in [1.807, 2.05) is 22.3 Å². The fourth-order valence-electron chi connectivity index (χ4n) is 5.18. The van der Waals surface area contributed by atoms with E-state index in [1.165, 1.54) is 40.3 Å². The molecule has 1 unspecified atom stereocenters. The van der Waals surface area contributed by atoms with Crippen LogP contribution >= 0.6 is 11.3 Å². The maximum Gasteiger partial charge on any atom is 0.253 e. The Morgan fingerprint density at radius 1 is 0.886 bits per heavy atom. The molecule has 1 atom stereocenters. The highest BCUT2D eigenvalue weighted by molar-refractivity contribution is 7.10. The second-order valence-electron chi connectivity index (χ2n) is 9.18. The highest BCUT2D eigenvalue weighted by atomic mass is 32.1. The predicted molar refractivity (Wildman–Crippen MR) is 136 cm³/mol. The van der Waals surface area contributed by atoms with E-state index >= 15 is 0 Å². The topological polar surface area (TPSA) is 43.9 Å². The van der Waals surface area contributed by atoms with E-state index in [1.54, 1.807) is 4.90 Å². The summed E-state index contributed by atoms with van der Waals surface area (Å²) in [6.07, 6.45) is 2.23. The largest absolute Gasteiger partial charge is 0.341 e. The van der Waals surface area contributed by atoms with E-state index in [0.717, 1.165) is 19.4 Å². The lowest BCUT2D eigenvalue weighted by Gasteiger charge is -2.36. The number of rotatable bonds is 5. The summed E-state index contributed by atoms with van der Waals surface area (Å²) in [6, 6.07) is 18.6. The molecule has 3 heterocycles. The van der Waals surface area contributed by atoms with Crippen LogP contribution in [0, 0.1) is 5.82 Å². The number of nitrogens with zero attached hydrogens (tertiary/aromatic N) is 3. The third kappa shape index (κ3) is 5.31. The fraction of sp³-hybridized carbons (Fsp3) is 0.357. The molecular weight excluding hydrogens is 461 g/mol. The van der Waals surface area contributed by atoms with Crippen molar-refractivity contribution in [3.63, 3.8) is 0 Å². The van der Waals surface area contributed by atoms with Crippen molar-refractivity contribution in [2.75, 3.05) is 39.3 Å². The first-order valence-electron chi connectivity index (χ1n) is 12.3. The van der Waals surface area contributed by atoms with Gasteiger partial charge in [-0.3, -0.25) is 14.5 Å². The fourth-order valence-corrected chi connectivity index (χ4v) is 6.08. The lowest BCUT2D eigenvalue weighted by molar-refractivity contribution is -0.131. The van der Waals surface area contributed by atoms with E-state index in [9.17, 15) is 14.0 Å². The molecule has 1 aromatic heterocycles. The van der Waals surface area contributed by atoms with E-state index < -0.39 is 0 Å². The van der Waals surface area contributed by atoms with Gasteiger partial charge in [0.25, 0.3) is 5.91 Å². The van der Waals surface area contributed by atoms with Crippen LogP contribution < -0.4 is 0 Å². The molecule has 2 amide bonds. The van der Waals surface area contributed by atoms with Gasteiger partial charge in [-0.05, 0) is 59.7 Å². The summed E-state index contributed by atoms with van der Waals surface area (Å²) in [5.41, 5.74) is 3.12. The highest BCUT2D eigenvalue weighted by Gasteiger charge is 2.30. The molecule has 5 nitrogen and oxygen atoms in total. The Morgan fingerprint density at radius 3 is 2.43 bits per heavy atom. The maximum absolute atomic E-state index is 13.2. The molecule has 182 valence electrons. The minimum atomic E-state index is -0.354. The van der Waals surface area contributed by atoms with Gasteiger partial charge in [-0.1, -0.05) is 30.3 Å². The van der Waals surface area contributed by atoms with Gasteiger partial charge in [-0.2, -0.15) is 0 Å². The Morgan fingerprint density at radius 2 is 1.63 bits per heavy atom. The summed E-state index contributed by atoms with van der Waals surface area (Å²) in [6.45, 7) is 3.94. The summed E-state index contributed by atoms with van der Waals surface area (Å²) in [7, 11) is 0. The Bertz CT molecular complexity index is 1160. The number of carbonyl (C=O) groups is 2. The minimum absolute atomic E-state index is 0.107. The first-order valence-corrected chi connectivity index (χ1v) is 13.2. The minimum Gasteiger partial charge on any atom is -0.341 e. The van der Waals surface area contributed by atoms with Crippen LogP contribution in [-0.2, 0) is 11.2 Å². The van der Waals surface area contributed by atoms with E-state index in [2.05, 4.69) is 40.6 Å². The van der Waals surface area contributed by atoms with Crippen molar-refractivity contribution in [1.29, 1.82) is 0 Å². The van der Waals surface area contributed by atoms with Gasteiger partial charge in [0.15, 0.2) is 0 Å². The monoisotopic (exact) mass is 491 g/mol. The Balaban J connectivity index is 1.20. The number of fused-ring (bicyclic) bond motifs is 1. The second-order valence-corrected chi connectivity index (χ2v) is 10.2. The molecule has 0 saturated carbocycles. The third-order valence-electron chi connectivity index (χ3n) is 7.02. The quantitative estimate of drug-likeness (QED) is 0.524. The number of hydrogen-bond acceptors (Lipinski definition) is 4. The average molecular weight is 492 g/mol.